The Kier molecular flexibility index (Phi) is 7.04. The van der Waals surface area contributed by atoms with E-state index in [4.69, 9.17) is 11.6 Å². The molecule has 0 aromatic heterocycles. The zero-order chi connectivity index (χ0) is 18.4. The van der Waals surface area contributed by atoms with Gasteiger partial charge in [-0.05, 0) is 57.4 Å². The molecule has 2 aromatic rings. The van der Waals surface area contributed by atoms with Gasteiger partial charge in [-0.15, -0.1) is 0 Å². The molecule has 136 valence electrons. The predicted octanol–water partition coefficient (Wildman–Crippen LogP) is 5.87. The molecule has 0 saturated carbocycles. The van der Waals surface area contributed by atoms with Gasteiger partial charge >= 0.3 is 6.18 Å². The molecule has 2 nitrogen and oxygen atoms in total. The quantitative estimate of drug-likeness (QED) is 0.597. The van der Waals surface area contributed by atoms with Crippen LogP contribution in [-0.4, -0.2) is 32.1 Å². The van der Waals surface area contributed by atoms with Crippen LogP contribution >= 0.6 is 23.4 Å². The van der Waals surface area contributed by atoms with Crippen molar-refractivity contribution in [1.82, 2.24) is 4.90 Å². The normalized spacial score (nSPS) is 11.8. The summed E-state index contributed by atoms with van der Waals surface area (Å²) in [5.41, 5.74) is 0.113. The maximum atomic E-state index is 13.2. The molecule has 25 heavy (non-hydrogen) atoms. The Morgan fingerprint density at radius 3 is 2.48 bits per heavy atom. The maximum absolute atomic E-state index is 13.2. The molecule has 0 heterocycles. The van der Waals surface area contributed by atoms with Crippen molar-refractivity contribution >= 4 is 29.1 Å². The molecule has 2 aromatic carbocycles. The summed E-state index contributed by atoms with van der Waals surface area (Å²) in [5.74, 6) is 0. The van der Waals surface area contributed by atoms with Gasteiger partial charge in [0.25, 0.3) is 0 Å². The first-order valence-corrected chi connectivity index (χ1v) is 8.99. The number of hydrogen-bond donors (Lipinski definition) is 1. The Hall–Kier alpha value is -1.37. The Morgan fingerprint density at radius 2 is 1.80 bits per heavy atom. The SMILES string of the molecule is CN(C)CCCNc1cc(Cl)ccc1Sc1ccccc1C(F)(F)F. The average molecular weight is 389 g/mol. The molecule has 0 spiro atoms. The third-order valence-corrected chi connectivity index (χ3v) is 4.84. The van der Waals surface area contributed by atoms with E-state index >= 15 is 0 Å². The smallest absolute Gasteiger partial charge is 0.384 e. The summed E-state index contributed by atoms with van der Waals surface area (Å²) in [5, 5.41) is 3.82. The number of nitrogens with zero attached hydrogens (tertiary/aromatic N) is 1. The minimum Gasteiger partial charge on any atom is -0.384 e. The van der Waals surface area contributed by atoms with Crippen LogP contribution in [-0.2, 0) is 6.18 Å². The van der Waals surface area contributed by atoms with Gasteiger partial charge in [-0.2, -0.15) is 13.2 Å². The summed E-state index contributed by atoms with van der Waals surface area (Å²) in [6.07, 6.45) is -3.46. The van der Waals surface area contributed by atoms with Gasteiger partial charge in [-0.1, -0.05) is 35.5 Å². The number of rotatable bonds is 7. The summed E-state index contributed by atoms with van der Waals surface area (Å²) >= 11 is 7.14. The van der Waals surface area contributed by atoms with Crippen molar-refractivity contribution in [3.63, 3.8) is 0 Å². The first kappa shape index (κ1) is 19.9. The van der Waals surface area contributed by atoms with Crippen molar-refractivity contribution in [3.8, 4) is 0 Å². The lowest BCUT2D eigenvalue weighted by molar-refractivity contribution is -0.139. The molecule has 0 fully saturated rings. The monoisotopic (exact) mass is 388 g/mol. The second kappa shape index (κ2) is 8.83. The molecular formula is C18H20ClF3N2S. The first-order valence-electron chi connectivity index (χ1n) is 7.79. The molecule has 0 aliphatic carbocycles. The van der Waals surface area contributed by atoms with Crippen molar-refractivity contribution in [2.75, 3.05) is 32.5 Å². The Labute approximate surface area is 155 Å². The largest absolute Gasteiger partial charge is 0.417 e. The number of nitrogens with one attached hydrogen (secondary N) is 1. The van der Waals surface area contributed by atoms with E-state index in [9.17, 15) is 13.2 Å². The highest BCUT2D eigenvalue weighted by atomic mass is 35.5. The second-order valence-corrected chi connectivity index (χ2v) is 7.34. The number of halogens is 4. The van der Waals surface area contributed by atoms with Gasteiger partial charge in [0, 0.05) is 27.0 Å². The van der Waals surface area contributed by atoms with E-state index in [0.29, 0.717) is 16.5 Å². The van der Waals surface area contributed by atoms with Crippen molar-refractivity contribution < 1.29 is 13.2 Å². The van der Waals surface area contributed by atoms with Crippen LogP contribution in [0.4, 0.5) is 18.9 Å². The van der Waals surface area contributed by atoms with Crippen LogP contribution in [0.25, 0.3) is 0 Å². The Bertz CT molecular complexity index is 705. The molecular weight excluding hydrogens is 369 g/mol. The van der Waals surface area contributed by atoms with Crippen LogP contribution in [0.5, 0.6) is 0 Å². The average Bonchev–Trinajstić information content (AvgIpc) is 2.53. The van der Waals surface area contributed by atoms with E-state index < -0.39 is 11.7 Å². The molecule has 0 aliphatic rings. The lowest BCUT2D eigenvalue weighted by atomic mass is 10.2. The lowest BCUT2D eigenvalue weighted by Crippen LogP contribution is -2.16. The fourth-order valence-electron chi connectivity index (χ4n) is 2.26. The van der Waals surface area contributed by atoms with Crippen molar-refractivity contribution in [2.24, 2.45) is 0 Å². The third-order valence-electron chi connectivity index (χ3n) is 3.45. The van der Waals surface area contributed by atoms with Gasteiger partial charge in [0.1, 0.15) is 0 Å². The summed E-state index contributed by atoms with van der Waals surface area (Å²) < 4.78 is 39.6. The molecule has 2 rings (SSSR count). The van der Waals surface area contributed by atoms with E-state index in [1.165, 1.54) is 12.1 Å². The van der Waals surface area contributed by atoms with Gasteiger partial charge in [0.05, 0.1) is 5.56 Å². The highest BCUT2D eigenvalue weighted by Gasteiger charge is 2.33. The molecule has 0 bridgehead atoms. The molecule has 0 unspecified atom stereocenters. The van der Waals surface area contributed by atoms with E-state index in [-0.39, 0.29) is 4.90 Å². The Balaban J connectivity index is 2.20. The summed E-state index contributed by atoms with van der Waals surface area (Å²) in [6, 6.07) is 10.8. The highest BCUT2D eigenvalue weighted by molar-refractivity contribution is 7.99. The molecule has 0 saturated heterocycles. The van der Waals surface area contributed by atoms with E-state index in [0.717, 1.165) is 36.5 Å². The van der Waals surface area contributed by atoms with Gasteiger partial charge < -0.3 is 10.2 Å². The third kappa shape index (κ3) is 6.13. The van der Waals surface area contributed by atoms with Gasteiger partial charge in [0.2, 0.25) is 0 Å². The fraction of sp³-hybridized carbons (Fsp3) is 0.333. The van der Waals surface area contributed by atoms with Crippen LogP contribution in [0.15, 0.2) is 52.3 Å². The van der Waals surface area contributed by atoms with E-state index in [1.807, 2.05) is 14.1 Å². The van der Waals surface area contributed by atoms with Crippen LogP contribution in [0.3, 0.4) is 0 Å². The van der Waals surface area contributed by atoms with E-state index in [2.05, 4.69) is 10.2 Å². The minimum atomic E-state index is -4.38. The summed E-state index contributed by atoms with van der Waals surface area (Å²) in [7, 11) is 3.99. The molecule has 7 heteroatoms. The standard InChI is InChI=1S/C18H20ClF3N2S/c1-24(2)11-5-10-23-15-12-13(19)8-9-17(15)25-16-7-4-3-6-14(16)18(20,21)22/h3-4,6-9,12,23H,5,10-11H2,1-2H3. The fourth-order valence-corrected chi connectivity index (χ4v) is 3.48. The number of benzene rings is 2. The minimum absolute atomic E-state index is 0.175. The van der Waals surface area contributed by atoms with Gasteiger partial charge in [-0.25, -0.2) is 0 Å². The molecule has 1 N–H and O–H groups in total. The zero-order valence-corrected chi connectivity index (χ0v) is 15.6. The second-order valence-electron chi connectivity index (χ2n) is 5.82. The van der Waals surface area contributed by atoms with Crippen LogP contribution in [0, 0.1) is 0 Å². The van der Waals surface area contributed by atoms with Gasteiger partial charge in [-0.3, -0.25) is 0 Å². The van der Waals surface area contributed by atoms with Crippen LogP contribution in [0.2, 0.25) is 5.02 Å². The van der Waals surface area contributed by atoms with Crippen LogP contribution < -0.4 is 5.32 Å². The maximum Gasteiger partial charge on any atom is 0.417 e. The molecule has 0 amide bonds. The lowest BCUT2D eigenvalue weighted by Gasteiger charge is -2.16. The predicted molar refractivity (Wildman–Crippen MR) is 98.7 cm³/mol. The molecule has 0 aliphatic heterocycles. The number of anilines is 1. The number of hydrogen-bond acceptors (Lipinski definition) is 3. The molecule has 0 radical (unpaired) electrons. The summed E-state index contributed by atoms with van der Waals surface area (Å²) in [4.78, 5) is 2.97. The number of alkyl halides is 3. The zero-order valence-electron chi connectivity index (χ0n) is 14.0. The van der Waals surface area contributed by atoms with E-state index in [1.54, 1.807) is 24.3 Å². The molecule has 0 atom stereocenters. The summed E-state index contributed by atoms with van der Waals surface area (Å²) in [6.45, 7) is 1.64. The highest BCUT2D eigenvalue weighted by Crippen LogP contribution is 2.41. The van der Waals surface area contributed by atoms with Crippen LogP contribution in [0.1, 0.15) is 12.0 Å². The van der Waals surface area contributed by atoms with Crippen molar-refractivity contribution in [2.45, 2.75) is 22.4 Å². The van der Waals surface area contributed by atoms with Crippen molar-refractivity contribution in [3.05, 3.63) is 53.1 Å². The topological polar surface area (TPSA) is 15.3 Å². The van der Waals surface area contributed by atoms with Crippen molar-refractivity contribution in [1.29, 1.82) is 0 Å². The Morgan fingerprint density at radius 1 is 1.08 bits per heavy atom. The van der Waals surface area contributed by atoms with Gasteiger partial charge in [0.15, 0.2) is 0 Å². The first-order chi connectivity index (χ1) is 11.8.